The van der Waals surface area contributed by atoms with Crippen LogP contribution in [0.5, 0.6) is 0 Å². The molecule has 2 aliphatic rings. The van der Waals surface area contributed by atoms with Gasteiger partial charge in [-0.3, -0.25) is 14.4 Å². The molecular formula is C19H20ClN7O5S4. The van der Waals surface area contributed by atoms with Crippen LogP contribution in [0.25, 0.3) is 0 Å². The van der Waals surface area contributed by atoms with Crippen molar-refractivity contribution < 1.29 is 24.0 Å². The molecule has 4 heterocycles. The van der Waals surface area contributed by atoms with Crippen LogP contribution < -0.4 is 11.1 Å². The minimum absolute atomic E-state index is 0.0924. The second kappa shape index (κ2) is 11.3. The third-order valence-electron chi connectivity index (χ3n) is 5.20. The first kappa shape index (κ1) is 26.7. The lowest BCUT2D eigenvalue weighted by molar-refractivity contribution is -0.160. The van der Waals surface area contributed by atoms with Crippen LogP contribution in [-0.2, 0) is 24.0 Å². The number of β-lactam (4-membered cyclic amide) rings is 1. The number of ether oxygens (including phenoxy) is 1. The van der Waals surface area contributed by atoms with Crippen LogP contribution in [-0.4, -0.2) is 86.8 Å². The second-order valence-corrected chi connectivity index (χ2v) is 12.3. The highest BCUT2D eigenvalue weighted by Gasteiger charge is 2.58. The van der Waals surface area contributed by atoms with Crippen LogP contribution in [0.15, 0.2) is 32.0 Å². The number of thioether (sulfide) groups is 2. The molecule has 2 amide bonds. The maximum Gasteiger partial charge on any atom is 0.315 e. The van der Waals surface area contributed by atoms with Gasteiger partial charge in [0.25, 0.3) is 5.91 Å². The number of halogens is 1. The van der Waals surface area contributed by atoms with E-state index < -0.39 is 23.3 Å². The van der Waals surface area contributed by atoms with Gasteiger partial charge in [-0.25, -0.2) is 4.98 Å². The molecule has 2 fully saturated rings. The molecule has 2 saturated heterocycles. The molecule has 0 aliphatic carbocycles. The van der Waals surface area contributed by atoms with Gasteiger partial charge >= 0.3 is 5.97 Å². The normalized spacial score (nSPS) is 23.4. The van der Waals surface area contributed by atoms with Crippen LogP contribution in [0.2, 0.25) is 0 Å². The lowest BCUT2D eigenvalue weighted by atomic mass is 9.89. The summed E-state index contributed by atoms with van der Waals surface area (Å²) in [6.45, 7) is 3.54. The monoisotopic (exact) mass is 589 g/mol. The standard InChI is InChI=1S/C19H20ClN7O5S4/c1-9(20)3-32-16(30)19(7-35-18-25-22-8-36-18)5-27-14(29)12(15(27)34-6-19)24-13(28)11(26-31-2)10-4-33-17(21)23-10/h4,8,12,15H,1,3,5-7H2,2H3,(H2,21,23)(H,24,28)/t12?,15-,19?/m1/s1. The smallest absolute Gasteiger partial charge is 0.315 e. The van der Waals surface area contributed by atoms with Gasteiger partial charge in [-0.05, 0) is 0 Å². The van der Waals surface area contributed by atoms with Crippen molar-refractivity contribution in [3.8, 4) is 0 Å². The zero-order valence-electron chi connectivity index (χ0n) is 18.7. The minimum Gasteiger partial charge on any atom is -0.459 e. The number of hydrogen-bond donors (Lipinski definition) is 2. The second-order valence-electron chi connectivity index (χ2n) is 7.68. The van der Waals surface area contributed by atoms with Gasteiger partial charge < -0.3 is 25.5 Å². The Labute approximate surface area is 227 Å². The predicted octanol–water partition coefficient (Wildman–Crippen LogP) is 1.40. The number of nitrogen functional groups attached to an aromatic ring is 1. The van der Waals surface area contributed by atoms with E-state index in [1.54, 1.807) is 15.8 Å². The van der Waals surface area contributed by atoms with Crippen molar-refractivity contribution in [3.05, 3.63) is 28.2 Å². The van der Waals surface area contributed by atoms with E-state index in [9.17, 15) is 14.4 Å². The molecule has 3 atom stereocenters. The zero-order valence-corrected chi connectivity index (χ0v) is 22.7. The van der Waals surface area contributed by atoms with Gasteiger partial charge in [-0.1, -0.05) is 46.4 Å². The number of oxime groups is 1. The van der Waals surface area contributed by atoms with Gasteiger partial charge in [0.2, 0.25) is 5.91 Å². The van der Waals surface area contributed by atoms with Crippen molar-refractivity contribution in [2.75, 3.05) is 37.5 Å². The van der Waals surface area contributed by atoms with Gasteiger partial charge in [0, 0.05) is 28.5 Å². The number of carbonyl (C=O) groups is 3. The number of nitrogens with zero attached hydrogens (tertiary/aromatic N) is 5. The number of amides is 2. The molecule has 2 aromatic rings. The number of carbonyl (C=O) groups excluding carboxylic acids is 3. The number of rotatable bonds is 10. The van der Waals surface area contributed by atoms with Crippen molar-refractivity contribution in [2.24, 2.45) is 10.6 Å². The Morgan fingerprint density at radius 1 is 1.47 bits per heavy atom. The Morgan fingerprint density at radius 3 is 2.92 bits per heavy atom. The number of hydrogen-bond acceptors (Lipinski definition) is 14. The van der Waals surface area contributed by atoms with Crippen molar-refractivity contribution in [1.82, 2.24) is 25.4 Å². The molecule has 2 unspecified atom stereocenters. The van der Waals surface area contributed by atoms with Crippen molar-refractivity contribution in [3.63, 3.8) is 0 Å². The Balaban J connectivity index is 1.45. The first-order valence-electron chi connectivity index (χ1n) is 10.2. The molecule has 17 heteroatoms. The Morgan fingerprint density at radius 2 is 2.28 bits per heavy atom. The van der Waals surface area contributed by atoms with Crippen LogP contribution in [0.3, 0.4) is 0 Å². The molecule has 192 valence electrons. The third-order valence-corrected chi connectivity index (χ3v) is 9.72. The zero-order chi connectivity index (χ0) is 25.9. The predicted molar refractivity (Wildman–Crippen MR) is 139 cm³/mol. The van der Waals surface area contributed by atoms with Gasteiger partial charge in [-0.15, -0.1) is 33.3 Å². The van der Waals surface area contributed by atoms with E-state index in [0.29, 0.717) is 15.8 Å². The van der Waals surface area contributed by atoms with Crippen molar-refractivity contribution >= 4 is 86.4 Å². The van der Waals surface area contributed by atoms with Gasteiger partial charge in [0.05, 0.1) is 0 Å². The highest BCUT2D eigenvalue weighted by molar-refractivity contribution is 8.01. The number of anilines is 1. The van der Waals surface area contributed by atoms with E-state index in [4.69, 9.17) is 26.9 Å². The number of thiazole rings is 1. The highest BCUT2D eigenvalue weighted by atomic mass is 35.5. The molecule has 0 bridgehead atoms. The molecule has 3 N–H and O–H groups in total. The fourth-order valence-corrected chi connectivity index (χ4v) is 7.46. The highest BCUT2D eigenvalue weighted by Crippen LogP contribution is 2.45. The molecule has 2 aliphatic heterocycles. The van der Waals surface area contributed by atoms with Gasteiger partial charge in [-0.2, -0.15) is 0 Å². The van der Waals surface area contributed by atoms with E-state index in [0.717, 1.165) is 11.3 Å². The summed E-state index contributed by atoms with van der Waals surface area (Å²) < 4.78 is 6.07. The number of nitrogens with two attached hydrogens (primary N) is 1. The summed E-state index contributed by atoms with van der Waals surface area (Å²) in [5, 5.41) is 15.9. The molecule has 0 radical (unpaired) electrons. The summed E-state index contributed by atoms with van der Waals surface area (Å²) in [6, 6.07) is -0.798. The number of aromatic nitrogens is 3. The molecule has 2 aromatic heterocycles. The quantitative estimate of drug-likeness (QED) is 0.135. The van der Waals surface area contributed by atoms with E-state index in [2.05, 4.69) is 32.2 Å². The summed E-state index contributed by atoms with van der Waals surface area (Å²) in [6.07, 6.45) is 0. The number of esters is 1. The molecule has 36 heavy (non-hydrogen) atoms. The minimum atomic E-state index is -1.00. The lowest BCUT2D eigenvalue weighted by Crippen LogP contribution is -2.74. The van der Waals surface area contributed by atoms with E-state index >= 15 is 0 Å². The first-order chi connectivity index (χ1) is 17.2. The molecular weight excluding hydrogens is 570 g/mol. The summed E-state index contributed by atoms with van der Waals surface area (Å²) in [7, 11) is 1.30. The van der Waals surface area contributed by atoms with Crippen molar-refractivity contribution in [1.29, 1.82) is 0 Å². The maximum absolute atomic E-state index is 13.1. The SMILES string of the molecule is C=C(Cl)COC(=O)C1(CSc2nncs2)CS[C@@H]2C(NC(=O)C(=NOC)c3csc(N)n3)C(=O)N2C1. The van der Waals surface area contributed by atoms with E-state index in [-0.39, 0.29) is 46.0 Å². The Bertz CT molecular complexity index is 1190. The average Bonchev–Trinajstić information content (AvgIpc) is 3.54. The average molecular weight is 590 g/mol. The van der Waals surface area contributed by atoms with Gasteiger partial charge in [0.15, 0.2) is 15.2 Å². The summed E-state index contributed by atoms with van der Waals surface area (Å²) in [4.78, 5) is 49.4. The van der Waals surface area contributed by atoms with E-state index in [1.807, 2.05) is 0 Å². The summed E-state index contributed by atoms with van der Waals surface area (Å²) in [5.41, 5.74) is 6.41. The summed E-state index contributed by atoms with van der Waals surface area (Å²) >= 11 is 11.0. The van der Waals surface area contributed by atoms with Crippen molar-refractivity contribution in [2.45, 2.75) is 15.8 Å². The summed E-state index contributed by atoms with van der Waals surface area (Å²) in [5.74, 6) is -0.747. The Kier molecular flexibility index (Phi) is 8.39. The van der Waals surface area contributed by atoms with Crippen LogP contribution >= 0.6 is 57.8 Å². The third kappa shape index (κ3) is 5.61. The fraction of sp³-hybridized carbons (Fsp3) is 0.421. The maximum atomic E-state index is 13.1. The van der Waals surface area contributed by atoms with Crippen LogP contribution in [0, 0.1) is 5.41 Å². The number of fused-ring (bicyclic) bond motifs is 1. The molecule has 12 nitrogen and oxygen atoms in total. The first-order valence-corrected chi connectivity index (χ1v) is 14.4. The topological polar surface area (TPSA) is 162 Å². The van der Waals surface area contributed by atoms with Crippen LogP contribution in [0.1, 0.15) is 5.69 Å². The fourth-order valence-electron chi connectivity index (χ4n) is 3.52. The molecule has 0 saturated carbocycles. The van der Waals surface area contributed by atoms with E-state index in [1.165, 1.54) is 42.0 Å². The van der Waals surface area contributed by atoms with Gasteiger partial charge in [0.1, 0.15) is 41.8 Å². The Hall–Kier alpha value is -2.40. The molecule has 0 aromatic carbocycles. The molecule has 4 rings (SSSR count). The van der Waals surface area contributed by atoms with Crippen LogP contribution in [0.4, 0.5) is 5.13 Å². The lowest BCUT2D eigenvalue weighted by Gasteiger charge is -2.54. The molecule has 0 spiro atoms. The largest absolute Gasteiger partial charge is 0.459 e. The number of nitrogens with one attached hydrogen (secondary N) is 1.